The lowest BCUT2D eigenvalue weighted by Gasteiger charge is -2.18. The Morgan fingerprint density at radius 2 is 2.35 bits per heavy atom. The molecule has 1 N–H and O–H groups in total. The van der Waals surface area contributed by atoms with E-state index >= 15 is 0 Å². The minimum Gasteiger partial charge on any atom is -0.482 e. The molecule has 1 aromatic rings. The van der Waals surface area contributed by atoms with Gasteiger partial charge in [-0.3, -0.25) is 9.59 Å². The van der Waals surface area contributed by atoms with Crippen LogP contribution in [0.3, 0.4) is 0 Å². The molecule has 0 spiro atoms. The molecule has 1 unspecified atom stereocenters. The van der Waals surface area contributed by atoms with Crippen molar-refractivity contribution in [2.24, 2.45) is 5.92 Å². The van der Waals surface area contributed by atoms with Gasteiger partial charge in [-0.05, 0) is 25.1 Å². The third-order valence-electron chi connectivity index (χ3n) is 2.48. The second-order valence-corrected chi connectivity index (χ2v) is 3.76. The second-order valence-electron chi connectivity index (χ2n) is 3.76. The minimum atomic E-state index is -0.701. The third kappa shape index (κ3) is 2.11. The van der Waals surface area contributed by atoms with E-state index in [4.69, 9.17) is 10.00 Å². The Morgan fingerprint density at radius 3 is 3.06 bits per heavy atom. The molecule has 0 radical (unpaired) electrons. The third-order valence-corrected chi connectivity index (χ3v) is 2.48. The number of ether oxygens (including phenoxy) is 1. The number of amides is 1. The molecule has 0 saturated heterocycles. The Kier molecular flexibility index (Phi) is 2.79. The predicted octanol–water partition coefficient (Wildman–Crippen LogP) is 1.36. The molecule has 0 aromatic heterocycles. The summed E-state index contributed by atoms with van der Waals surface area (Å²) in [4.78, 5) is 22.9. The van der Waals surface area contributed by atoms with Gasteiger partial charge in [0, 0.05) is 5.56 Å². The fourth-order valence-electron chi connectivity index (χ4n) is 1.55. The Balaban J connectivity index is 2.34. The van der Waals surface area contributed by atoms with E-state index in [1.54, 1.807) is 12.1 Å². The van der Waals surface area contributed by atoms with E-state index in [-0.39, 0.29) is 18.3 Å². The highest BCUT2D eigenvalue weighted by Crippen LogP contribution is 2.29. The second kappa shape index (κ2) is 4.26. The monoisotopic (exact) mass is 230 g/mol. The van der Waals surface area contributed by atoms with Crippen LogP contribution in [0.2, 0.25) is 0 Å². The highest BCUT2D eigenvalue weighted by Gasteiger charge is 2.20. The van der Waals surface area contributed by atoms with Crippen LogP contribution in [0, 0.1) is 17.2 Å². The summed E-state index contributed by atoms with van der Waals surface area (Å²) in [5.41, 5.74) is 0.862. The first-order valence-electron chi connectivity index (χ1n) is 5.12. The van der Waals surface area contributed by atoms with Crippen molar-refractivity contribution >= 4 is 17.4 Å². The molecule has 0 bridgehead atoms. The molecular formula is C12H10N2O3. The number of carbonyl (C=O) groups excluding carboxylic acids is 2. The first-order chi connectivity index (χ1) is 8.11. The van der Waals surface area contributed by atoms with Gasteiger partial charge in [0.05, 0.1) is 11.8 Å². The zero-order valence-corrected chi connectivity index (χ0v) is 9.19. The van der Waals surface area contributed by atoms with Gasteiger partial charge in [0.1, 0.15) is 11.7 Å². The van der Waals surface area contributed by atoms with E-state index < -0.39 is 5.92 Å². The average molecular weight is 230 g/mol. The Morgan fingerprint density at radius 1 is 1.59 bits per heavy atom. The highest BCUT2D eigenvalue weighted by molar-refractivity contribution is 6.02. The minimum absolute atomic E-state index is 0.0190. The molecule has 1 heterocycles. The lowest BCUT2D eigenvalue weighted by Crippen LogP contribution is -2.25. The number of nitrogens with zero attached hydrogens (tertiary/aromatic N) is 1. The zero-order valence-electron chi connectivity index (χ0n) is 9.19. The van der Waals surface area contributed by atoms with Crippen molar-refractivity contribution in [3.63, 3.8) is 0 Å². The van der Waals surface area contributed by atoms with E-state index in [0.717, 1.165) is 0 Å². The average Bonchev–Trinajstić information content (AvgIpc) is 2.36. The van der Waals surface area contributed by atoms with Crippen LogP contribution >= 0.6 is 0 Å². The fourth-order valence-corrected chi connectivity index (χ4v) is 1.55. The van der Waals surface area contributed by atoms with Crippen molar-refractivity contribution in [3.8, 4) is 11.8 Å². The topological polar surface area (TPSA) is 79.2 Å². The summed E-state index contributed by atoms with van der Waals surface area (Å²) in [6, 6.07) is 6.62. The van der Waals surface area contributed by atoms with Crippen molar-refractivity contribution in [2.75, 3.05) is 11.9 Å². The van der Waals surface area contributed by atoms with Gasteiger partial charge >= 0.3 is 0 Å². The van der Waals surface area contributed by atoms with Gasteiger partial charge in [-0.25, -0.2) is 0 Å². The molecule has 1 atom stereocenters. The number of fused-ring (bicyclic) bond motifs is 1. The maximum absolute atomic E-state index is 11.8. The smallest absolute Gasteiger partial charge is 0.262 e. The van der Waals surface area contributed by atoms with Crippen LogP contribution in [-0.4, -0.2) is 18.3 Å². The van der Waals surface area contributed by atoms with E-state index in [9.17, 15) is 9.59 Å². The Bertz CT molecular complexity index is 531. The van der Waals surface area contributed by atoms with E-state index in [1.165, 1.54) is 13.0 Å². The summed E-state index contributed by atoms with van der Waals surface area (Å²) >= 11 is 0. The Hall–Kier alpha value is -2.35. The molecule has 0 saturated carbocycles. The molecule has 0 fully saturated rings. The number of ketones is 1. The molecule has 17 heavy (non-hydrogen) atoms. The standard InChI is InChI=1S/C12H10N2O3/c1-7(5-13)12(16)8-2-3-10-9(4-8)14-11(15)6-17-10/h2-4,7H,6H2,1H3,(H,14,15). The first-order valence-corrected chi connectivity index (χ1v) is 5.12. The molecule has 1 aliphatic heterocycles. The largest absolute Gasteiger partial charge is 0.482 e. The van der Waals surface area contributed by atoms with Crippen molar-refractivity contribution in [1.82, 2.24) is 0 Å². The zero-order chi connectivity index (χ0) is 12.4. The van der Waals surface area contributed by atoms with E-state index in [1.807, 2.05) is 6.07 Å². The number of nitrogens with one attached hydrogen (secondary N) is 1. The van der Waals surface area contributed by atoms with Gasteiger partial charge in [0.25, 0.3) is 5.91 Å². The van der Waals surface area contributed by atoms with Crippen LogP contribution < -0.4 is 10.1 Å². The molecule has 2 rings (SSSR count). The summed E-state index contributed by atoms with van der Waals surface area (Å²) in [6.07, 6.45) is 0. The maximum atomic E-state index is 11.8. The van der Waals surface area contributed by atoms with Crippen molar-refractivity contribution in [2.45, 2.75) is 6.92 Å². The fraction of sp³-hybridized carbons (Fsp3) is 0.250. The number of hydrogen-bond acceptors (Lipinski definition) is 4. The van der Waals surface area contributed by atoms with Crippen LogP contribution in [0.15, 0.2) is 18.2 Å². The number of hydrogen-bond donors (Lipinski definition) is 1. The molecule has 5 nitrogen and oxygen atoms in total. The predicted molar refractivity (Wildman–Crippen MR) is 59.7 cm³/mol. The SMILES string of the molecule is CC(C#N)C(=O)c1ccc2c(c1)NC(=O)CO2. The molecule has 5 heteroatoms. The number of Topliss-reactive ketones (excluding diaryl/α,β-unsaturated/α-hetero) is 1. The molecule has 1 aliphatic rings. The normalized spacial score (nSPS) is 14.9. The summed E-state index contributed by atoms with van der Waals surface area (Å²) in [5, 5.41) is 11.3. The molecule has 1 amide bonds. The van der Waals surface area contributed by atoms with Crippen LogP contribution in [0.1, 0.15) is 17.3 Å². The molecule has 0 aliphatic carbocycles. The lowest BCUT2D eigenvalue weighted by molar-refractivity contribution is -0.118. The van der Waals surface area contributed by atoms with E-state index in [2.05, 4.69) is 5.32 Å². The van der Waals surface area contributed by atoms with Crippen molar-refractivity contribution < 1.29 is 14.3 Å². The van der Waals surface area contributed by atoms with Crippen molar-refractivity contribution in [3.05, 3.63) is 23.8 Å². The number of nitriles is 1. The number of rotatable bonds is 2. The molecule has 86 valence electrons. The van der Waals surface area contributed by atoms with Crippen molar-refractivity contribution in [1.29, 1.82) is 5.26 Å². The number of carbonyl (C=O) groups is 2. The maximum Gasteiger partial charge on any atom is 0.262 e. The quantitative estimate of drug-likeness (QED) is 0.778. The van der Waals surface area contributed by atoms with Crippen LogP contribution in [0.5, 0.6) is 5.75 Å². The van der Waals surface area contributed by atoms with Gasteiger partial charge in [0.15, 0.2) is 12.4 Å². The van der Waals surface area contributed by atoms with Crippen LogP contribution in [0.25, 0.3) is 0 Å². The molecule has 1 aromatic carbocycles. The van der Waals surface area contributed by atoms with Gasteiger partial charge in [-0.1, -0.05) is 0 Å². The summed E-state index contributed by atoms with van der Waals surface area (Å²) < 4.78 is 5.17. The Labute approximate surface area is 98.0 Å². The van der Waals surface area contributed by atoms with Gasteiger partial charge < -0.3 is 10.1 Å². The molecular weight excluding hydrogens is 220 g/mol. The van der Waals surface area contributed by atoms with Gasteiger partial charge in [0.2, 0.25) is 0 Å². The van der Waals surface area contributed by atoms with Gasteiger partial charge in [-0.2, -0.15) is 5.26 Å². The summed E-state index contributed by atoms with van der Waals surface area (Å²) in [6.45, 7) is 1.52. The van der Waals surface area contributed by atoms with E-state index in [0.29, 0.717) is 17.0 Å². The lowest BCUT2D eigenvalue weighted by atomic mass is 10.00. The number of benzene rings is 1. The first kappa shape index (κ1) is 11.1. The highest BCUT2D eigenvalue weighted by atomic mass is 16.5. The van der Waals surface area contributed by atoms with Crippen LogP contribution in [0.4, 0.5) is 5.69 Å². The summed E-state index contributed by atoms with van der Waals surface area (Å²) in [7, 11) is 0. The van der Waals surface area contributed by atoms with Crippen LogP contribution in [-0.2, 0) is 4.79 Å². The number of anilines is 1. The van der Waals surface area contributed by atoms with Gasteiger partial charge in [-0.15, -0.1) is 0 Å². The summed E-state index contributed by atoms with van der Waals surface area (Å²) in [5.74, 6) is -0.690.